The molecule has 0 aromatic carbocycles. The van der Waals surface area contributed by atoms with Crippen LogP contribution in [0.3, 0.4) is 0 Å². The summed E-state index contributed by atoms with van der Waals surface area (Å²) in [6.07, 6.45) is 4.09. The van der Waals surface area contributed by atoms with Crippen molar-refractivity contribution < 1.29 is 9.26 Å². The van der Waals surface area contributed by atoms with Crippen molar-refractivity contribution in [3.63, 3.8) is 0 Å². The lowest BCUT2D eigenvalue weighted by Gasteiger charge is -2.31. The molecule has 3 rings (SSSR count). The summed E-state index contributed by atoms with van der Waals surface area (Å²) in [6.45, 7) is 6.29. The smallest absolute Gasteiger partial charge is 0.439 e. The molecule has 3 heterocycles. The van der Waals surface area contributed by atoms with Gasteiger partial charge in [-0.05, 0) is 38.1 Å². The second kappa shape index (κ2) is 6.74. The first-order chi connectivity index (χ1) is 10.7. The number of rotatable bonds is 5. The predicted octanol–water partition coefficient (Wildman–Crippen LogP) is 1.54. The van der Waals surface area contributed by atoms with Crippen LogP contribution >= 0.6 is 0 Å². The SMILES string of the molecule is CCN1CCC[C@@H](COc2ccc(-c3noc(=O)[nH]3)nc2)C1. The normalized spacial score (nSPS) is 19.2. The van der Waals surface area contributed by atoms with Gasteiger partial charge in [-0.2, -0.15) is 0 Å². The maximum absolute atomic E-state index is 10.9. The van der Waals surface area contributed by atoms with Crippen molar-refractivity contribution in [2.24, 2.45) is 5.92 Å². The Hall–Kier alpha value is -2.15. The number of ether oxygens (including phenoxy) is 1. The van der Waals surface area contributed by atoms with E-state index in [1.807, 2.05) is 6.07 Å². The molecule has 22 heavy (non-hydrogen) atoms. The molecule has 0 saturated carbocycles. The summed E-state index contributed by atoms with van der Waals surface area (Å²) in [5, 5.41) is 3.60. The second-order valence-corrected chi connectivity index (χ2v) is 5.54. The Morgan fingerprint density at radius 2 is 2.41 bits per heavy atom. The number of likely N-dealkylation sites (tertiary alicyclic amines) is 1. The maximum Gasteiger partial charge on any atom is 0.439 e. The molecule has 0 aliphatic carbocycles. The van der Waals surface area contributed by atoms with E-state index in [2.05, 4.69) is 31.5 Å². The Bertz CT molecular complexity index is 649. The highest BCUT2D eigenvalue weighted by atomic mass is 16.5. The molecule has 2 aromatic heterocycles. The zero-order valence-corrected chi connectivity index (χ0v) is 12.6. The van der Waals surface area contributed by atoms with Crippen LogP contribution in [0.15, 0.2) is 27.6 Å². The summed E-state index contributed by atoms with van der Waals surface area (Å²) >= 11 is 0. The van der Waals surface area contributed by atoms with Crippen molar-refractivity contribution >= 4 is 0 Å². The third-order valence-electron chi connectivity index (χ3n) is 3.96. The number of aromatic nitrogens is 3. The minimum atomic E-state index is -0.588. The van der Waals surface area contributed by atoms with Crippen LogP contribution in [-0.4, -0.2) is 46.3 Å². The van der Waals surface area contributed by atoms with E-state index < -0.39 is 5.76 Å². The van der Waals surface area contributed by atoms with Gasteiger partial charge in [0.05, 0.1) is 12.8 Å². The fourth-order valence-electron chi connectivity index (χ4n) is 2.73. The molecule has 2 aromatic rings. The Morgan fingerprint density at radius 1 is 1.50 bits per heavy atom. The number of H-pyrrole nitrogens is 1. The topological polar surface area (TPSA) is 84.2 Å². The third-order valence-corrected chi connectivity index (χ3v) is 3.96. The van der Waals surface area contributed by atoms with Crippen LogP contribution in [0, 0.1) is 5.92 Å². The van der Waals surface area contributed by atoms with Crippen LogP contribution < -0.4 is 10.5 Å². The van der Waals surface area contributed by atoms with Crippen LogP contribution in [0.2, 0.25) is 0 Å². The molecule has 1 aliphatic heterocycles. The molecule has 0 bridgehead atoms. The van der Waals surface area contributed by atoms with E-state index in [9.17, 15) is 4.79 Å². The molecule has 1 atom stereocenters. The minimum absolute atomic E-state index is 0.322. The molecule has 1 saturated heterocycles. The molecule has 0 spiro atoms. The summed E-state index contributed by atoms with van der Waals surface area (Å²) in [6, 6.07) is 3.58. The summed E-state index contributed by atoms with van der Waals surface area (Å²) < 4.78 is 10.3. The van der Waals surface area contributed by atoms with Gasteiger partial charge in [0.25, 0.3) is 0 Å². The maximum atomic E-state index is 10.9. The summed E-state index contributed by atoms with van der Waals surface area (Å²) in [5.41, 5.74) is 0.549. The van der Waals surface area contributed by atoms with Crippen molar-refractivity contribution in [1.29, 1.82) is 0 Å². The second-order valence-electron chi connectivity index (χ2n) is 5.54. The summed E-state index contributed by atoms with van der Waals surface area (Å²) in [5.74, 6) is 1.03. The van der Waals surface area contributed by atoms with E-state index in [1.165, 1.54) is 19.4 Å². The zero-order chi connectivity index (χ0) is 15.4. The first-order valence-electron chi connectivity index (χ1n) is 7.62. The van der Waals surface area contributed by atoms with Crippen LogP contribution in [0.1, 0.15) is 19.8 Å². The van der Waals surface area contributed by atoms with E-state index in [0.29, 0.717) is 24.0 Å². The number of aromatic amines is 1. The van der Waals surface area contributed by atoms with Gasteiger partial charge < -0.3 is 9.64 Å². The molecule has 118 valence electrons. The standard InChI is InChI=1S/C15H20N4O3/c1-2-19-7-3-4-11(9-19)10-21-12-5-6-13(16-8-12)14-17-15(20)22-18-14/h5-6,8,11H,2-4,7,9-10H2,1H3,(H,17,18,20)/t11-/m1/s1. The molecular formula is C15H20N4O3. The molecule has 1 fully saturated rings. The highest BCUT2D eigenvalue weighted by Crippen LogP contribution is 2.19. The Balaban J connectivity index is 1.56. The van der Waals surface area contributed by atoms with Gasteiger partial charge >= 0.3 is 5.76 Å². The number of hydrogen-bond acceptors (Lipinski definition) is 6. The van der Waals surface area contributed by atoms with E-state index in [0.717, 1.165) is 18.8 Å². The summed E-state index contributed by atoms with van der Waals surface area (Å²) in [7, 11) is 0. The van der Waals surface area contributed by atoms with Crippen LogP contribution in [-0.2, 0) is 0 Å². The number of nitrogens with one attached hydrogen (secondary N) is 1. The number of hydrogen-bond donors (Lipinski definition) is 1. The molecule has 1 N–H and O–H groups in total. The number of pyridine rings is 1. The van der Waals surface area contributed by atoms with Crippen LogP contribution in [0.25, 0.3) is 11.5 Å². The lowest BCUT2D eigenvalue weighted by molar-refractivity contribution is 0.134. The molecule has 0 unspecified atom stereocenters. The van der Waals surface area contributed by atoms with Crippen LogP contribution in [0.4, 0.5) is 0 Å². The van der Waals surface area contributed by atoms with Gasteiger partial charge in [-0.25, -0.2) is 9.78 Å². The van der Waals surface area contributed by atoms with Gasteiger partial charge in [-0.3, -0.25) is 9.51 Å². The van der Waals surface area contributed by atoms with Gasteiger partial charge in [0.2, 0.25) is 5.82 Å². The molecule has 7 nitrogen and oxygen atoms in total. The lowest BCUT2D eigenvalue weighted by atomic mass is 9.99. The Labute approximate surface area is 128 Å². The van der Waals surface area contributed by atoms with Crippen LogP contribution in [0.5, 0.6) is 5.75 Å². The van der Waals surface area contributed by atoms with Gasteiger partial charge in [-0.15, -0.1) is 0 Å². The number of piperidine rings is 1. The highest BCUT2D eigenvalue weighted by Gasteiger charge is 2.19. The minimum Gasteiger partial charge on any atom is -0.492 e. The number of nitrogens with zero attached hydrogens (tertiary/aromatic N) is 3. The average molecular weight is 304 g/mol. The molecule has 1 aliphatic rings. The Morgan fingerprint density at radius 3 is 3.09 bits per heavy atom. The Kier molecular flexibility index (Phi) is 4.53. The van der Waals surface area contributed by atoms with E-state index >= 15 is 0 Å². The molecule has 0 radical (unpaired) electrons. The fourth-order valence-corrected chi connectivity index (χ4v) is 2.73. The quantitative estimate of drug-likeness (QED) is 0.902. The first kappa shape index (κ1) is 14.8. The van der Waals surface area contributed by atoms with E-state index in [1.54, 1.807) is 12.3 Å². The largest absolute Gasteiger partial charge is 0.492 e. The molecule has 0 amide bonds. The van der Waals surface area contributed by atoms with Gasteiger partial charge in [0, 0.05) is 12.5 Å². The predicted molar refractivity (Wildman–Crippen MR) is 80.7 cm³/mol. The van der Waals surface area contributed by atoms with E-state index in [4.69, 9.17) is 4.74 Å². The molecular weight excluding hydrogens is 284 g/mol. The monoisotopic (exact) mass is 304 g/mol. The third kappa shape index (κ3) is 3.54. The van der Waals surface area contributed by atoms with Crippen molar-refractivity contribution in [2.45, 2.75) is 19.8 Å². The van der Waals surface area contributed by atoms with Crippen molar-refractivity contribution in [3.05, 3.63) is 28.9 Å². The van der Waals surface area contributed by atoms with Crippen molar-refractivity contribution in [2.75, 3.05) is 26.2 Å². The van der Waals surface area contributed by atoms with Crippen molar-refractivity contribution in [1.82, 2.24) is 20.0 Å². The van der Waals surface area contributed by atoms with Gasteiger partial charge in [0.1, 0.15) is 11.4 Å². The van der Waals surface area contributed by atoms with Gasteiger partial charge in [-0.1, -0.05) is 12.1 Å². The summed E-state index contributed by atoms with van der Waals surface area (Å²) in [4.78, 5) is 20.1. The average Bonchev–Trinajstić information content (AvgIpc) is 3.00. The highest BCUT2D eigenvalue weighted by molar-refractivity contribution is 5.48. The molecule has 7 heteroatoms. The fraction of sp³-hybridized carbons (Fsp3) is 0.533. The van der Waals surface area contributed by atoms with Gasteiger partial charge in [0.15, 0.2) is 0 Å². The van der Waals surface area contributed by atoms with Crippen molar-refractivity contribution in [3.8, 4) is 17.3 Å². The first-order valence-corrected chi connectivity index (χ1v) is 7.62. The van der Waals surface area contributed by atoms with E-state index in [-0.39, 0.29) is 0 Å². The lowest BCUT2D eigenvalue weighted by Crippen LogP contribution is -2.37. The zero-order valence-electron chi connectivity index (χ0n) is 12.6.